The van der Waals surface area contributed by atoms with E-state index in [1.54, 1.807) is 26.1 Å². The zero-order valence-corrected chi connectivity index (χ0v) is 14.9. The van der Waals surface area contributed by atoms with Crippen molar-refractivity contribution >= 4 is 33.1 Å². The molecule has 0 unspecified atom stereocenters. The molecule has 3 aromatic rings. The predicted octanol–water partition coefficient (Wildman–Crippen LogP) is 4.30. The van der Waals surface area contributed by atoms with E-state index in [2.05, 4.69) is 9.97 Å². The van der Waals surface area contributed by atoms with Gasteiger partial charge in [-0.1, -0.05) is 0 Å². The molecular formula is C17H14F3N3O2S. The number of alkyl halides is 3. The van der Waals surface area contributed by atoms with Crippen molar-refractivity contribution in [3.63, 3.8) is 0 Å². The Labute approximate surface area is 151 Å². The second-order valence-electron chi connectivity index (χ2n) is 5.53. The smallest absolute Gasteiger partial charge is 0.433 e. The standard InChI is InChI=1S/C17H14F3N3O2S/c1-9-11-5-6-12(17(18,19)20)22-15(11)26-14(9)16(24)23(2)10-4-7-13(25-3)21-8-10/h4-8H,1-3H3. The summed E-state index contributed by atoms with van der Waals surface area (Å²) in [7, 11) is 3.06. The van der Waals surface area contributed by atoms with Gasteiger partial charge in [-0.05, 0) is 30.7 Å². The number of fused-ring (bicyclic) bond motifs is 1. The molecule has 0 bridgehead atoms. The summed E-state index contributed by atoms with van der Waals surface area (Å²) in [4.78, 5) is 22.4. The second-order valence-corrected chi connectivity index (χ2v) is 6.53. The highest BCUT2D eigenvalue weighted by molar-refractivity contribution is 7.20. The lowest BCUT2D eigenvalue weighted by Gasteiger charge is -2.16. The Morgan fingerprint density at radius 2 is 1.96 bits per heavy atom. The maximum atomic E-state index is 12.8. The topological polar surface area (TPSA) is 55.3 Å². The van der Waals surface area contributed by atoms with Crippen LogP contribution in [0.1, 0.15) is 20.9 Å². The van der Waals surface area contributed by atoms with Crippen LogP contribution in [0, 0.1) is 6.92 Å². The molecule has 26 heavy (non-hydrogen) atoms. The quantitative estimate of drug-likeness (QED) is 0.679. The Balaban J connectivity index is 1.98. The molecule has 9 heteroatoms. The molecule has 0 atom stereocenters. The molecule has 0 aliphatic heterocycles. The molecule has 0 spiro atoms. The number of ether oxygens (including phenoxy) is 1. The van der Waals surface area contributed by atoms with Crippen LogP contribution in [0.5, 0.6) is 5.88 Å². The summed E-state index contributed by atoms with van der Waals surface area (Å²) in [5.74, 6) is 0.0718. The van der Waals surface area contributed by atoms with Crippen molar-refractivity contribution in [1.82, 2.24) is 9.97 Å². The third-order valence-corrected chi connectivity index (χ3v) is 5.10. The molecule has 0 radical (unpaired) electrons. The first-order valence-corrected chi connectivity index (χ1v) is 8.29. The van der Waals surface area contributed by atoms with Gasteiger partial charge >= 0.3 is 6.18 Å². The monoisotopic (exact) mass is 381 g/mol. The van der Waals surface area contributed by atoms with Crippen LogP contribution in [0.15, 0.2) is 30.5 Å². The number of rotatable bonds is 3. The number of carbonyl (C=O) groups excluding carboxylic acids is 1. The van der Waals surface area contributed by atoms with Crippen LogP contribution in [0.4, 0.5) is 18.9 Å². The molecule has 0 aliphatic rings. The average Bonchev–Trinajstić information content (AvgIpc) is 2.96. The van der Waals surface area contributed by atoms with Gasteiger partial charge < -0.3 is 9.64 Å². The molecule has 3 aromatic heterocycles. The van der Waals surface area contributed by atoms with Crippen LogP contribution in [-0.4, -0.2) is 30.0 Å². The summed E-state index contributed by atoms with van der Waals surface area (Å²) < 4.78 is 43.5. The van der Waals surface area contributed by atoms with Crippen molar-refractivity contribution in [2.75, 3.05) is 19.1 Å². The highest BCUT2D eigenvalue weighted by Gasteiger charge is 2.33. The minimum absolute atomic E-state index is 0.182. The molecule has 136 valence electrons. The number of hydrogen-bond acceptors (Lipinski definition) is 5. The van der Waals surface area contributed by atoms with E-state index in [1.165, 1.54) is 24.3 Å². The minimum Gasteiger partial charge on any atom is -0.481 e. The van der Waals surface area contributed by atoms with Crippen LogP contribution in [-0.2, 0) is 6.18 Å². The van der Waals surface area contributed by atoms with Gasteiger partial charge in [0.05, 0.1) is 23.9 Å². The van der Waals surface area contributed by atoms with Crippen LogP contribution in [0.2, 0.25) is 0 Å². The Bertz CT molecular complexity index is 968. The summed E-state index contributed by atoms with van der Waals surface area (Å²) in [5.41, 5.74) is 0.166. The highest BCUT2D eigenvalue weighted by atomic mass is 32.1. The molecule has 3 rings (SSSR count). The van der Waals surface area contributed by atoms with E-state index in [0.29, 0.717) is 27.4 Å². The highest BCUT2D eigenvalue weighted by Crippen LogP contribution is 2.35. The Morgan fingerprint density at radius 3 is 2.54 bits per heavy atom. The van der Waals surface area contributed by atoms with Gasteiger partial charge in [0, 0.05) is 18.5 Å². The SMILES string of the molecule is COc1ccc(N(C)C(=O)c2sc3nc(C(F)(F)F)ccc3c2C)cn1. The number of pyridine rings is 2. The maximum Gasteiger partial charge on any atom is 0.433 e. The fourth-order valence-corrected chi connectivity index (χ4v) is 3.58. The number of aromatic nitrogens is 2. The van der Waals surface area contributed by atoms with Gasteiger partial charge in [0.2, 0.25) is 5.88 Å². The van der Waals surface area contributed by atoms with E-state index in [-0.39, 0.29) is 10.7 Å². The minimum atomic E-state index is -4.53. The summed E-state index contributed by atoms with van der Waals surface area (Å²) in [6.45, 7) is 1.70. The predicted molar refractivity (Wildman–Crippen MR) is 92.9 cm³/mol. The molecule has 0 aromatic carbocycles. The number of aryl methyl sites for hydroxylation is 1. The zero-order valence-electron chi connectivity index (χ0n) is 14.1. The fourth-order valence-electron chi connectivity index (χ4n) is 2.42. The lowest BCUT2D eigenvalue weighted by Crippen LogP contribution is -2.26. The molecule has 1 amide bonds. The largest absolute Gasteiger partial charge is 0.481 e. The summed E-state index contributed by atoms with van der Waals surface area (Å²) >= 11 is 0.946. The lowest BCUT2D eigenvalue weighted by molar-refractivity contribution is -0.140. The van der Waals surface area contributed by atoms with Crippen LogP contribution in [0.25, 0.3) is 10.2 Å². The van der Waals surface area contributed by atoms with E-state index >= 15 is 0 Å². The molecule has 0 saturated carbocycles. The van der Waals surface area contributed by atoms with Crippen molar-refractivity contribution in [1.29, 1.82) is 0 Å². The molecule has 0 N–H and O–H groups in total. The lowest BCUT2D eigenvalue weighted by atomic mass is 10.1. The number of thiophene rings is 1. The fraction of sp³-hybridized carbons (Fsp3) is 0.235. The van der Waals surface area contributed by atoms with E-state index in [1.807, 2.05) is 0 Å². The molecule has 0 aliphatic carbocycles. The van der Waals surface area contributed by atoms with Crippen molar-refractivity contribution in [3.8, 4) is 5.88 Å². The van der Waals surface area contributed by atoms with E-state index < -0.39 is 11.9 Å². The van der Waals surface area contributed by atoms with Crippen molar-refractivity contribution in [3.05, 3.63) is 46.6 Å². The van der Waals surface area contributed by atoms with E-state index in [0.717, 1.165) is 17.4 Å². The van der Waals surface area contributed by atoms with Gasteiger partial charge in [-0.25, -0.2) is 9.97 Å². The number of carbonyl (C=O) groups is 1. The Kier molecular flexibility index (Phi) is 4.57. The van der Waals surface area contributed by atoms with Crippen LogP contribution < -0.4 is 9.64 Å². The number of hydrogen-bond donors (Lipinski definition) is 0. The molecule has 3 heterocycles. The molecule has 5 nitrogen and oxygen atoms in total. The van der Waals surface area contributed by atoms with Crippen LogP contribution in [0.3, 0.4) is 0 Å². The normalized spacial score (nSPS) is 11.6. The first-order chi connectivity index (χ1) is 12.2. The molecule has 0 saturated heterocycles. The molecular weight excluding hydrogens is 367 g/mol. The van der Waals surface area contributed by atoms with Crippen molar-refractivity contribution in [2.24, 2.45) is 0 Å². The van der Waals surface area contributed by atoms with Gasteiger partial charge in [-0.15, -0.1) is 11.3 Å². The maximum absolute atomic E-state index is 12.8. The van der Waals surface area contributed by atoms with Gasteiger partial charge in [0.1, 0.15) is 10.5 Å². The van der Waals surface area contributed by atoms with Crippen LogP contribution >= 0.6 is 11.3 Å². The first kappa shape index (κ1) is 18.1. The summed E-state index contributed by atoms with van der Waals surface area (Å²) in [6.07, 6.45) is -3.04. The number of amides is 1. The number of methoxy groups -OCH3 is 1. The van der Waals surface area contributed by atoms with Crippen molar-refractivity contribution < 1.29 is 22.7 Å². The Morgan fingerprint density at radius 1 is 1.23 bits per heavy atom. The average molecular weight is 381 g/mol. The van der Waals surface area contributed by atoms with E-state index in [9.17, 15) is 18.0 Å². The number of anilines is 1. The second kappa shape index (κ2) is 6.56. The number of halogens is 3. The van der Waals surface area contributed by atoms with Gasteiger partial charge in [-0.3, -0.25) is 4.79 Å². The third-order valence-electron chi connectivity index (χ3n) is 3.91. The third kappa shape index (κ3) is 3.22. The Hall–Kier alpha value is -2.68. The zero-order chi connectivity index (χ0) is 19.1. The van der Waals surface area contributed by atoms with Gasteiger partial charge in [0.15, 0.2) is 0 Å². The number of nitrogens with zero attached hydrogens (tertiary/aromatic N) is 3. The summed E-state index contributed by atoms with van der Waals surface area (Å²) in [5, 5.41) is 0.535. The van der Waals surface area contributed by atoms with Gasteiger partial charge in [0.25, 0.3) is 5.91 Å². The molecule has 0 fully saturated rings. The summed E-state index contributed by atoms with van der Waals surface area (Å²) in [6, 6.07) is 5.57. The first-order valence-electron chi connectivity index (χ1n) is 7.48. The van der Waals surface area contributed by atoms with E-state index in [4.69, 9.17) is 4.74 Å². The van der Waals surface area contributed by atoms with Gasteiger partial charge in [-0.2, -0.15) is 13.2 Å². The van der Waals surface area contributed by atoms with Crippen molar-refractivity contribution in [2.45, 2.75) is 13.1 Å².